The van der Waals surface area contributed by atoms with Crippen LogP contribution in [0.5, 0.6) is 0 Å². The molecule has 3 heteroatoms. The van der Waals surface area contributed by atoms with Crippen LogP contribution < -0.4 is 4.90 Å². The lowest BCUT2D eigenvalue weighted by atomic mass is 9.79. The molecule has 0 N–H and O–H groups in total. The van der Waals surface area contributed by atoms with Gasteiger partial charge in [-0.15, -0.1) is 0 Å². The van der Waals surface area contributed by atoms with Gasteiger partial charge < -0.3 is 13.7 Å². The van der Waals surface area contributed by atoms with Gasteiger partial charge in [-0.1, -0.05) is 140 Å². The van der Waals surface area contributed by atoms with E-state index >= 15 is 0 Å². The maximum atomic E-state index is 6.97. The predicted octanol–water partition coefficient (Wildman–Crippen LogP) is 15.0. The minimum absolute atomic E-state index is 0.0496. The van der Waals surface area contributed by atoms with E-state index in [9.17, 15) is 0 Å². The van der Waals surface area contributed by atoms with E-state index in [1.807, 2.05) is 0 Å². The lowest BCUT2D eigenvalue weighted by Crippen LogP contribution is -2.16. The van der Waals surface area contributed by atoms with Gasteiger partial charge in [0.05, 0.1) is 27.8 Å². The molecule has 0 spiro atoms. The Bertz CT molecular complexity index is 2990. The lowest BCUT2D eigenvalue weighted by Gasteiger charge is -2.30. The van der Waals surface area contributed by atoms with Gasteiger partial charge in [-0.05, 0) is 80.9 Å². The molecule has 0 saturated carbocycles. The smallest absolute Gasteiger partial charge is 0.143 e. The molecule has 0 atom stereocenters. The molecule has 0 aliphatic heterocycles. The van der Waals surface area contributed by atoms with Gasteiger partial charge in [-0.2, -0.15) is 0 Å². The zero-order valence-electron chi connectivity index (χ0n) is 32.4. The molecule has 0 fully saturated rings. The van der Waals surface area contributed by atoms with Crippen LogP contribution in [0.15, 0.2) is 136 Å². The number of rotatable bonds is 3. The molecular weight excluding hydrogens is 659 g/mol. The topological polar surface area (TPSA) is 29.5 Å². The molecule has 10 rings (SSSR count). The van der Waals surface area contributed by atoms with Crippen LogP contribution >= 0.6 is 0 Å². The normalized spacial score (nSPS) is 14.1. The maximum absolute atomic E-state index is 6.97. The highest BCUT2D eigenvalue weighted by atomic mass is 16.3. The van der Waals surface area contributed by atoms with E-state index in [2.05, 4.69) is 188 Å². The molecule has 266 valence electrons. The van der Waals surface area contributed by atoms with Crippen molar-refractivity contribution in [3.05, 3.63) is 150 Å². The average Bonchev–Trinajstić information content (AvgIpc) is 3.80. The molecule has 9 aromatic rings. The summed E-state index contributed by atoms with van der Waals surface area (Å²) in [4.78, 5) is 2.50. The molecule has 1 aliphatic carbocycles. The van der Waals surface area contributed by atoms with Crippen molar-refractivity contribution in [3.8, 4) is 11.1 Å². The Balaban J connectivity index is 1.38. The second-order valence-corrected chi connectivity index (χ2v) is 17.8. The van der Waals surface area contributed by atoms with Crippen molar-refractivity contribution >= 4 is 71.7 Å². The molecule has 0 bridgehead atoms. The van der Waals surface area contributed by atoms with Crippen LogP contribution in [0, 0.1) is 0 Å². The molecule has 1 aliphatic rings. The summed E-state index contributed by atoms with van der Waals surface area (Å²) in [5, 5.41) is 6.74. The predicted molar refractivity (Wildman–Crippen MR) is 228 cm³/mol. The van der Waals surface area contributed by atoms with Gasteiger partial charge in [0, 0.05) is 32.7 Å². The van der Waals surface area contributed by atoms with Crippen molar-refractivity contribution in [3.63, 3.8) is 0 Å². The lowest BCUT2D eigenvalue weighted by molar-refractivity contribution is 0.559. The number of benzene rings is 7. The van der Waals surface area contributed by atoms with Gasteiger partial charge in [0.1, 0.15) is 22.3 Å². The molecule has 2 heterocycles. The first-order chi connectivity index (χ1) is 25.8. The second kappa shape index (κ2) is 11.1. The molecule has 2 aromatic heterocycles. The van der Waals surface area contributed by atoms with E-state index in [4.69, 9.17) is 8.83 Å². The third-order valence-electron chi connectivity index (χ3n) is 11.9. The fourth-order valence-corrected chi connectivity index (χ4v) is 9.12. The minimum atomic E-state index is -0.154. The Morgan fingerprint density at radius 2 is 1.11 bits per heavy atom. The fraction of sp³-hybridized carbons (Fsp3) is 0.216. The van der Waals surface area contributed by atoms with E-state index in [1.165, 1.54) is 38.8 Å². The number of nitrogens with zero attached hydrogens (tertiary/aromatic N) is 1. The largest absolute Gasteiger partial charge is 0.456 e. The zero-order valence-corrected chi connectivity index (χ0v) is 32.4. The quantitative estimate of drug-likeness (QED) is 0.183. The molecule has 54 heavy (non-hydrogen) atoms. The molecule has 7 aromatic carbocycles. The van der Waals surface area contributed by atoms with E-state index in [1.54, 1.807) is 0 Å². The Morgan fingerprint density at radius 1 is 0.500 bits per heavy atom. The van der Waals surface area contributed by atoms with Crippen molar-refractivity contribution in [1.29, 1.82) is 0 Å². The first kappa shape index (κ1) is 32.8. The van der Waals surface area contributed by atoms with Crippen LogP contribution in [0.1, 0.15) is 77.6 Å². The highest BCUT2D eigenvalue weighted by Crippen LogP contribution is 2.56. The Hall–Kier alpha value is -5.80. The fourth-order valence-electron chi connectivity index (χ4n) is 9.12. The monoisotopic (exact) mass is 703 g/mol. The Kier molecular flexibility index (Phi) is 6.76. The zero-order chi connectivity index (χ0) is 37.3. The minimum Gasteiger partial charge on any atom is -0.456 e. The van der Waals surface area contributed by atoms with Crippen molar-refractivity contribution in [2.45, 2.75) is 71.6 Å². The van der Waals surface area contributed by atoms with Gasteiger partial charge in [-0.25, -0.2) is 0 Å². The summed E-state index contributed by atoms with van der Waals surface area (Å²) < 4.78 is 13.8. The van der Waals surface area contributed by atoms with E-state index in [-0.39, 0.29) is 16.2 Å². The van der Waals surface area contributed by atoms with Crippen molar-refractivity contribution in [1.82, 2.24) is 0 Å². The highest BCUT2D eigenvalue weighted by Gasteiger charge is 2.38. The van der Waals surface area contributed by atoms with Gasteiger partial charge >= 0.3 is 0 Å². The standard InChI is InChI=1S/C51H45NO2/c1-49(2,3)31-28-35-46-41(23-15-25-43(46)54-48(35)38(29-31)50(4,5)6)52(39-21-13-20-37-44(39)33-18-11-12-19-36(33)51(37,7)8)40-22-14-24-42-45(40)34-27-26-30-16-9-10-17-32(30)47(34)53-42/h9-29H,1-8H3. The number of anilines is 3. The maximum Gasteiger partial charge on any atom is 0.143 e. The van der Waals surface area contributed by atoms with Crippen molar-refractivity contribution in [2.75, 3.05) is 4.90 Å². The van der Waals surface area contributed by atoms with Crippen LogP contribution in [0.2, 0.25) is 0 Å². The number of hydrogen-bond donors (Lipinski definition) is 0. The summed E-state index contributed by atoms with van der Waals surface area (Å²) in [6.45, 7) is 18.5. The summed E-state index contributed by atoms with van der Waals surface area (Å²) in [5.41, 5.74) is 14.3. The van der Waals surface area contributed by atoms with Crippen LogP contribution in [0.25, 0.3) is 65.8 Å². The first-order valence-corrected chi connectivity index (χ1v) is 19.2. The molecule has 0 saturated heterocycles. The van der Waals surface area contributed by atoms with Gasteiger partial charge in [0.25, 0.3) is 0 Å². The van der Waals surface area contributed by atoms with Crippen LogP contribution in [0.3, 0.4) is 0 Å². The molecule has 0 amide bonds. The molecule has 0 radical (unpaired) electrons. The summed E-state index contributed by atoms with van der Waals surface area (Å²) in [6, 6.07) is 46.6. The van der Waals surface area contributed by atoms with Gasteiger partial charge in [-0.3, -0.25) is 0 Å². The highest BCUT2D eigenvalue weighted by molar-refractivity contribution is 6.22. The van der Waals surface area contributed by atoms with E-state index in [0.29, 0.717) is 0 Å². The summed E-state index contributed by atoms with van der Waals surface area (Å²) in [5.74, 6) is 0. The SMILES string of the molecule is CC(C)(C)c1cc(C(C)(C)C)c2oc3cccc(N(c4cccc5c4-c4ccccc4C5(C)C)c4cccc5oc6c7ccccc7ccc6c45)c3c2c1. The summed E-state index contributed by atoms with van der Waals surface area (Å²) >= 11 is 0. The number of fused-ring (bicyclic) bond motifs is 11. The van der Waals surface area contributed by atoms with Crippen LogP contribution in [-0.2, 0) is 16.2 Å². The third-order valence-corrected chi connectivity index (χ3v) is 11.9. The molecule has 0 unspecified atom stereocenters. The van der Waals surface area contributed by atoms with Crippen molar-refractivity contribution in [2.24, 2.45) is 0 Å². The van der Waals surface area contributed by atoms with Gasteiger partial charge in [0.15, 0.2) is 0 Å². The average molecular weight is 704 g/mol. The second-order valence-electron chi connectivity index (χ2n) is 17.8. The third kappa shape index (κ3) is 4.60. The first-order valence-electron chi connectivity index (χ1n) is 19.2. The van der Waals surface area contributed by atoms with Crippen molar-refractivity contribution < 1.29 is 8.83 Å². The number of furan rings is 2. The van der Waals surface area contributed by atoms with Crippen LogP contribution in [0.4, 0.5) is 17.1 Å². The summed E-state index contributed by atoms with van der Waals surface area (Å²) in [7, 11) is 0. The molecule has 3 nitrogen and oxygen atoms in total. The van der Waals surface area contributed by atoms with E-state index in [0.717, 1.165) is 66.3 Å². The molecular formula is C51H45NO2. The Morgan fingerprint density at radius 3 is 1.83 bits per heavy atom. The van der Waals surface area contributed by atoms with Gasteiger partial charge in [0.2, 0.25) is 0 Å². The van der Waals surface area contributed by atoms with E-state index < -0.39 is 0 Å². The Labute approximate surface area is 316 Å². The summed E-state index contributed by atoms with van der Waals surface area (Å²) in [6.07, 6.45) is 0. The van der Waals surface area contributed by atoms with Crippen LogP contribution in [-0.4, -0.2) is 0 Å². The number of hydrogen-bond acceptors (Lipinski definition) is 3.